The molecule has 1 amide bonds. The first-order valence-corrected chi connectivity index (χ1v) is 8.54. The molecule has 1 heterocycles. The zero-order chi connectivity index (χ0) is 17.6. The van der Waals surface area contributed by atoms with Gasteiger partial charge < -0.3 is 9.15 Å². The average Bonchev–Trinajstić information content (AvgIpc) is 3.05. The van der Waals surface area contributed by atoms with Crippen molar-refractivity contribution in [2.45, 2.75) is 13.3 Å². The molecular formula is C18H16BrN3O3. The van der Waals surface area contributed by atoms with E-state index in [1.807, 2.05) is 55.5 Å². The van der Waals surface area contributed by atoms with Gasteiger partial charge in [0.15, 0.2) is 0 Å². The first-order valence-electron chi connectivity index (χ1n) is 7.75. The van der Waals surface area contributed by atoms with Crippen LogP contribution in [0, 0.1) is 0 Å². The summed E-state index contributed by atoms with van der Waals surface area (Å²) in [5.41, 5.74) is 1.64. The van der Waals surface area contributed by atoms with E-state index in [0.717, 1.165) is 21.3 Å². The number of anilines is 1. The van der Waals surface area contributed by atoms with Gasteiger partial charge in [0.1, 0.15) is 5.75 Å². The lowest BCUT2D eigenvalue weighted by Crippen LogP contribution is -2.14. The largest absolute Gasteiger partial charge is 0.494 e. The van der Waals surface area contributed by atoms with E-state index in [4.69, 9.17) is 9.15 Å². The maximum atomic E-state index is 12.1. The van der Waals surface area contributed by atoms with Gasteiger partial charge in [0, 0.05) is 10.0 Å². The zero-order valence-electron chi connectivity index (χ0n) is 13.5. The quantitative estimate of drug-likeness (QED) is 0.673. The van der Waals surface area contributed by atoms with Crippen LogP contribution in [0.15, 0.2) is 57.4 Å². The number of hydrogen-bond acceptors (Lipinski definition) is 5. The zero-order valence-corrected chi connectivity index (χ0v) is 15.1. The lowest BCUT2D eigenvalue weighted by Gasteiger charge is -2.04. The van der Waals surface area contributed by atoms with Crippen molar-refractivity contribution in [3.63, 3.8) is 0 Å². The second-order valence-electron chi connectivity index (χ2n) is 5.22. The molecule has 0 radical (unpaired) electrons. The van der Waals surface area contributed by atoms with Crippen molar-refractivity contribution in [1.82, 2.24) is 10.2 Å². The lowest BCUT2D eigenvalue weighted by atomic mass is 10.1. The van der Waals surface area contributed by atoms with Gasteiger partial charge in [0.25, 0.3) is 0 Å². The van der Waals surface area contributed by atoms with Crippen molar-refractivity contribution in [3.8, 4) is 17.2 Å². The van der Waals surface area contributed by atoms with Crippen molar-refractivity contribution < 1.29 is 13.9 Å². The Kier molecular flexibility index (Phi) is 5.45. The average molecular weight is 402 g/mol. The first-order chi connectivity index (χ1) is 12.1. The Bertz CT molecular complexity index is 862. The van der Waals surface area contributed by atoms with E-state index in [1.165, 1.54) is 0 Å². The number of ether oxygens (including phenoxy) is 1. The Labute approximate surface area is 153 Å². The van der Waals surface area contributed by atoms with Crippen LogP contribution in [0.25, 0.3) is 11.5 Å². The highest BCUT2D eigenvalue weighted by Crippen LogP contribution is 2.23. The number of halogens is 1. The standard InChI is InChI=1S/C18H16BrN3O3/c1-2-24-15-8-6-12(7-9-15)10-16(23)20-18-22-21-17(25-18)13-4-3-5-14(19)11-13/h3-9,11H,2,10H2,1H3,(H,20,22,23). The van der Waals surface area contributed by atoms with Gasteiger partial charge in [-0.05, 0) is 42.8 Å². The summed E-state index contributed by atoms with van der Waals surface area (Å²) in [4.78, 5) is 12.1. The first kappa shape index (κ1) is 17.2. The highest BCUT2D eigenvalue weighted by atomic mass is 79.9. The van der Waals surface area contributed by atoms with Gasteiger partial charge in [-0.1, -0.05) is 39.2 Å². The Morgan fingerprint density at radius 3 is 2.72 bits per heavy atom. The number of benzene rings is 2. The normalized spacial score (nSPS) is 10.5. The molecule has 0 saturated carbocycles. The number of hydrogen-bond donors (Lipinski definition) is 1. The van der Waals surface area contributed by atoms with Crippen molar-refractivity contribution in [3.05, 3.63) is 58.6 Å². The summed E-state index contributed by atoms with van der Waals surface area (Å²) in [7, 11) is 0. The molecule has 1 N–H and O–H groups in total. The summed E-state index contributed by atoms with van der Waals surface area (Å²) in [5, 5.41) is 10.4. The van der Waals surface area contributed by atoms with Crippen LogP contribution in [-0.2, 0) is 11.2 Å². The molecule has 0 spiro atoms. The van der Waals surface area contributed by atoms with Crippen LogP contribution in [-0.4, -0.2) is 22.7 Å². The minimum Gasteiger partial charge on any atom is -0.494 e. The second kappa shape index (κ2) is 7.94. The van der Waals surface area contributed by atoms with Crippen LogP contribution in [0.4, 0.5) is 6.01 Å². The van der Waals surface area contributed by atoms with E-state index in [0.29, 0.717) is 12.5 Å². The lowest BCUT2D eigenvalue weighted by molar-refractivity contribution is -0.115. The van der Waals surface area contributed by atoms with Crippen LogP contribution >= 0.6 is 15.9 Å². The predicted molar refractivity (Wildman–Crippen MR) is 97.4 cm³/mol. The Hall–Kier alpha value is -2.67. The van der Waals surface area contributed by atoms with Crippen molar-refractivity contribution in [1.29, 1.82) is 0 Å². The number of rotatable bonds is 6. The molecule has 1 aromatic heterocycles. The van der Waals surface area contributed by atoms with Crippen LogP contribution in [0.5, 0.6) is 5.75 Å². The summed E-state index contributed by atoms with van der Waals surface area (Å²) in [6, 6.07) is 14.9. The van der Waals surface area contributed by atoms with Gasteiger partial charge in [-0.25, -0.2) is 0 Å². The fraction of sp³-hybridized carbons (Fsp3) is 0.167. The molecule has 6 nitrogen and oxygen atoms in total. The van der Waals surface area contributed by atoms with E-state index in [1.54, 1.807) is 0 Å². The van der Waals surface area contributed by atoms with Crippen LogP contribution in [0.2, 0.25) is 0 Å². The molecule has 2 aromatic carbocycles. The number of nitrogens with zero attached hydrogens (tertiary/aromatic N) is 2. The van der Waals surface area contributed by atoms with E-state index in [9.17, 15) is 4.79 Å². The minimum atomic E-state index is -0.228. The molecular weight excluding hydrogens is 386 g/mol. The molecule has 0 saturated heterocycles. The number of carbonyl (C=O) groups is 1. The highest BCUT2D eigenvalue weighted by Gasteiger charge is 2.12. The number of amides is 1. The van der Waals surface area contributed by atoms with E-state index in [2.05, 4.69) is 31.4 Å². The topological polar surface area (TPSA) is 77.2 Å². The molecule has 0 aliphatic carbocycles. The SMILES string of the molecule is CCOc1ccc(CC(=O)Nc2nnc(-c3cccc(Br)c3)o2)cc1. The van der Waals surface area contributed by atoms with E-state index in [-0.39, 0.29) is 18.3 Å². The molecule has 128 valence electrons. The van der Waals surface area contributed by atoms with Gasteiger partial charge in [-0.2, -0.15) is 0 Å². The van der Waals surface area contributed by atoms with Gasteiger partial charge in [0.2, 0.25) is 11.8 Å². The molecule has 0 aliphatic rings. The summed E-state index contributed by atoms with van der Waals surface area (Å²) < 4.78 is 11.8. The van der Waals surface area contributed by atoms with Crippen LogP contribution in [0.3, 0.4) is 0 Å². The third-order valence-corrected chi connectivity index (χ3v) is 3.84. The molecule has 0 unspecified atom stereocenters. The smallest absolute Gasteiger partial charge is 0.322 e. The Balaban J connectivity index is 1.61. The fourth-order valence-electron chi connectivity index (χ4n) is 2.23. The van der Waals surface area contributed by atoms with E-state index >= 15 is 0 Å². The molecule has 3 aromatic rings. The summed E-state index contributed by atoms with van der Waals surface area (Å²) >= 11 is 3.39. The molecule has 25 heavy (non-hydrogen) atoms. The predicted octanol–water partition coefficient (Wildman–Crippen LogP) is 4.08. The van der Waals surface area contributed by atoms with E-state index < -0.39 is 0 Å². The van der Waals surface area contributed by atoms with Gasteiger partial charge in [-0.3, -0.25) is 10.1 Å². The Morgan fingerprint density at radius 2 is 2.00 bits per heavy atom. The second-order valence-corrected chi connectivity index (χ2v) is 6.14. The highest BCUT2D eigenvalue weighted by molar-refractivity contribution is 9.10. The van der Waals surface area contributed by atoms with Crippen molar-refractivity contribution in [2.24, 2.45) is 0 Å². The summed E-state index contributed by atoms with van der Waals surface area (Å²) in [6.07, 6.45) is 0.209. The third kappa shape index (κ3) is 4.67. The molecule has 7 heteroatoms. The third-order valence-electron chi connectivity index (χ3n) is 3.34. The van der Waals surface area contributed by atoms with Crippen LogP contribution in [0.1, 0.15) is 12.5 Å². The molecule has 0 atom stereocenters. The van der Waals surface area contributed by atoms with Gasteiger partial charge >= 0.3 is 6.01 Å². The summed E-state index contributed by atoms with van der Waals surface area (Å²) in [6.45, 7) is 2.53. The summed E-state index contributed by atoms with van der Waals surface area (Å²) in [5.74, 6) is 0.897. The monoisotopic (exact) mass is 401 g/mol. The molecule has 0 fully saturated rings. The number of nitrogens with one attached hydrogen (secondary N) is 1. The molecule has 0 aliphatic heterocycles. The fourth-order valence-corrected chi connectivity index (χ4v) is 2.63. The number of carbonyl (C=O) groups excluding carboxylic acids is 1. The maximum absolute atomic E-state index is 12.1. The van der Waals surface area contributed by atoms with Crippen molar-refractivity contribution >= 4 is 27.9 Å². The molecule has 0 bridgehead atoms. The maximum Gasteiger partial charge on any atom is 0.322 e. The molecule has 3 rings (SSSR count). The minimum absolute atomic E-state index is 0.0749. The van der Waals surface area contributed by atoms with Gasteiger partial charge in [-0.15, -0.1) is 5.10 Å². The van der Waals surface area contributed by atoms with Crippen LogP contribution < -0.4 is 10.1 Å². The number of aromatic nitrogens is 2. The van der Waals surface area contributed by atoms with Crippen molar-refractivity contribution in [2.75, 3.05) is 11.9 Å². The van der Waals surface area contributed by atoms with Gasteiger partial charge in [0.05, 0.1) is 13.0 Å². The Morgan fingerprint density at radius 1 is 1.20 bits per heavy atom.